The van der Waals surface area contributed by atoms with Gasteiger partial charge in [0, 0.05) is 38.9 Å². The molecule has 1 saturated heterocycles. The number of ether oxygens (including phenoxy) is 5. The van der Waals surface area contributed by atoms with Gasteiger partial charge in [-0.3, -0.25) is 19.1 Å². The molecule has 1 N–H and O–H groups in total. The third kappa shape index (κ3) is 5.20. The second-order valence-electron chi connectivity index (χ2n) is 10.9. The molecule has 212 valence electrons. The molecule has 38 heavy (non-hydrogen) atoms. The van der Waals surface area contributed by atoms with Gasteiger partial charge in [-0.1, -0.05) is 45.1 Å². The summed E-state index contributed by atoms with van der Waals surface area (Å²) in [5.74, 6) is -2.30. The van der Waals surface area contributed by atoms with Crippen LogP contribution in [0.5, 0.6) is 0 Å². The van der Waals surface area contributed by atoms with E-state index in [1.807, 2.05) is 20.8 Å². The molecule has 9 nitrogen and oxygen atoms in total. The van der Waals surface area contributed by atoms with Crippen LogP contribution >= 0.6 is 0 Å². The van der Waals surface area contributed by atoms with E-state index in [0.29, 0.717) is 24.8 Å². The van der Waals surface area contributed by atoms with Crippen molar-refractivity contribution in [2.24, 2.45) is 22.7 Å². The standard InChI is InChI=1S/C29H42O9/c1-9-11-23(32)37-24-17(4)28(7,13-12-16(3)10-2)22-15-20(34-8)14-21-26(35-18(5)30)38-27(36-19(6)31)29(21,22)25(24)33/h10,12,14,17,20,22,24-27,33H,2,9,11,13,15H2,1,3-8H3/b16-12-/t17-,20+,22+,24-,25+,26+,27?,28-,29-/m1/s1. The molecular formula is C29H42O9. The fourth-order valence-electron chi connectivity index (χ4n) is 6.55. The zero-order valence-electron chi connectivity index (χ0n) is 23.5. The fourth-order valence-corrected chi connectivity index (χ4v) is 6.55. The average molecular weight is 535 g/mol. The molecule has 9 atom stereocenters. The number of carbonyl (C=O) groups is 3. The Bertz CT molecular complexity index is 1000. The predicted octanol–water partition coefficient (Wildman–Crippen LogP) is 3.99. The van der Waals surface area contributed by atoms with E-state index in [1.165, 1.54) is 13.8 Å². The number of esters is 3. The molecule has 1 spiro atoms. The molecule has 1 saturated carbocycles. The average Bonchev–Trinajstić information content (AvgIpc) is 3.15. The number of allylic oxidation sites excluding steroid dienone is 3. The maximum Gasteiger partial charge on any atom is 0.306 e. The SMILES string of the molecule is C=C/C(C)=C\C[C@]1(C)[C@H](C)[C@@H](OC(=O)CCC)[C@H](O)[C@@]23C(=C[C@H](OC)C[C@@H]12)[C@@H](OC(C)=O)OC3OC(C)=O. The number of hydrogen-bond acceptors (Lipinski definition) is 9. The number of aliphatic hydroxyl groups is 1. The van der Waals surface area contributed by atoms with Crippen molar-refractivity contribution in [1.82, 2.24) is 0 Å². The molecule has 2 aliphatic carbocycles. The molecule has 0 aromatic carbocycles. The minimum atomic E-state index is -1.35. The highest BCUT2D eigenvalue weighted by Crippen LogP contribution is 2.67. The predicted molar refractivity (Wildman–Crippen MR) is 138 cm³/mol. The molecule has 1 aliphatic heterocycles. The first-order valence-electron chi connectivity index (χ1n) is 13.3. The van der Waals surface area contributed by atoms with E-state index in [4.69, 9.17) is 23.7 Å². The molecule has 1 heterocycles. The van der Waals surface area contributed by atoms with Gasteiger partial charge in [-0.2, -0.15) is 0 Å². The van der Waals surface area contributed by atoms with E-state index < -0.39 is 53.5 Å². The Hall–Kier alpha value is -2.49. The normalized spacial score (nSPS) is 38.4. The lowest BCUT2D eigenvalue weighted by Gasteiger charge is -2.62. The first-order valence-corrected chi connectivity index (χ1v) is 13.3. The van der Waals surface area contributed by atoms with Crippen molar-refractivity contribution in [1.29, 1.82) is 0 Å². The summed E-state index contributed by atoms with van der Waals surface area (Å²) < 4.78 is 29.0. The van der Waals surface area contributed by atoms with Crippen LogP contribution in [0.2, 0.25) is 0 Å². The molecule has 3 rings (SSSR count). The Kier molecular flexibility index (Phi) is 9.27. The molecule has 0 amide bonds. The Balaban J connectivity index is 2.30. The quantitative estimate of drug-likeness (QED) is 0.203. The van der Waals surface area contributed by atoms with Gasteiger partial charge in [0.25, 0.3) is 0 Å². The van der Waals surface area contributed by atoms with Crippen molar-refractivity contribution in [2.45, 2.75) is 98.1 Å². The fraction of sp³-hybridized carbons (Fsp3) is 0.690. The van der Waals surface area contributed by atoms with Crippen LogP contribution in [0.25, 0.3) is 0 Å². The molecule has 0 bridgehead atoms. The topological polar surface area (TPSA) is 118 Å². The van der Waals surface area contributed by atoms with E-state index in [9.17, 15) is 19.5 Å². The number of carbonyl (C=O) groups excluding carboxylic acids is 3. The van der Waals surface area contributed by atoms with Crippen LogP contribution in [0, 0.1) is 22.7 Å². The van der Waals surface area contributed by atoms with Gasteiger partial charge in [-0.15, -0.1) is 0 Å². The van der Waals surface area contributed by atoms with Crippen LogP contribution < -0.4 is 0 Å². The highest BCUT2D eigenvalue weighted by Gasteiger charge is 2.74. The maximum absolute atomic E-state index is 12.8. The molecule has 9 heteroatoms. The summed E-state index contributed by atoms with van der Waals surface area (Å²) in [5, 5.41) is 12.2. The summed E-state index contributed by atoms with van der Waals surface area (Å²) >= 11 is 0. The van der Waals surface area contributed by atoms with Gasteiger partial charge in [0.1, 0.15) is 12.2 Å². The van der Waals surface area contributed by atoms with Crippen LogP contribution in [0.1, 0.15) is 67.2 Å². The summed E-state index contributed by atoms with van der Waals surface area (Å²) in [7, 11) is 1.59. The van der Waals surface area contributed by atoms with Gasteiger partial charge in [-0.05, 0) is 43.6 Å². The van der Waals surface area contributed by atoms with Gasteiger partial charge in [0.2, 0.25) is 12.6 Å². The molecule has 3 aliphatic rings. The number of rotatable bonds is 9. The number of methoxy groups -OCH3 is 1. The molecule has 0 radical (unpaired) electrons. The van der Waals surface area contributed by atoms with Crippen molar-refractivity contribution in [3.8, 4) is 0 Å². The summed E-state index contributed by atoms with van der Waals surface area (Å²) in [4.78, 5) is 37.1. The summed E-state index contributed by atoms with van der Waals surface area (Å²) in [6.07, 6.45) is 2.34. The summed E-state index contributed by atoms with van der Waals surface area (Å²) in [6.45, 7) is 14.3. The van der Waals surface area contributed by atoms with Crippen molar-refractivity contribution in [3.63, 3.8) is 0 Å². The Labute approximate surface area is 225 Å². The summed E-state index contributed by atoms with van der Waals surface area (Å²) in [5.41, 5.74) is -0.516. The Morgan fingerprint density at radius 2 is 1.84 bits per heavy atom. The van der Waals surface area contributed by atoms with Crippen LogP contribution in [-0.2, 0) is 38.1 Å². The van der Waals surface area contributed by atoms with Crippen molar-refractivity contribution >= 4 is 17.9 Å². The zero-order valence-corrected chi connectivity index (χ0v) is 23.5. The van der Waals surface area contributed by atoms with Crippen LogP contribution in [0.4, 0.5) is 0 Å². The monoisotopic (exact) mass is 534 g/mol. The Morgan fingerprint density at radius 3 is 2.39 bits per heavy atom. The van der Waals surface area contributed by atoms with Gasteiger partial charge >= 0.3 is 17.9 Å². The molecule has 1 unspecified atom stereocenters. The third-order valence-electron chi connectivity index (χ3n) is 8.69. The highest BCUT2D eigenvalue weighted by atomic mass is 16.8. The van der Waals surface area contributed by atoms with Gasteiger partial charge in [0.15, 0.2) is 0 Å². The van der Waals surface area contributed by atoms with E-state index in [1.54, 1.807) is 19.3 Å². The highest BCUT2D eigenvalue weighted by molar-refractivity contribution is 5.70. The van der Waals surface area contributed by atoms with E-state index in [2.05, 4.69) is 19.6 Å². The lowest BCUT2D eigenvalue weighted by molar-refractivity contribution is -0.276. The first-order chi connectivity index (χ1) is 17.9. The van der Waals surface area contributed by atoms with Crippen molar-refractivity contribution in [3.05, 3.63) is 36.0 Å². The maximum atomic E-state index is 12.8. The first kappa shape index (κ1) is 30.1. The largest absolute Gasteiger partial charge is 0.459 e. The molecular weight excluding hydrogens is 492 g/mol. The van der Waals surface area contributed by atoms with Gasteiger partial charge in [-0.25, -0.2) is 0 Å². The lowest BCUT2D eigenvalue weighted by Crippen LogP contribution is -2.68. The van der Waals surface area contributed by atoms with Gasteiger partial charge in [0.05, 0.1) is 11.5 Å². The second-order valence-corrected chi connectivity index (χ2v) is 10.9. The summed E-state index contributed by atoms with van der Waals surface area (Å²) in [6, 6.07) is 0. The Morgan fingerprint density at radius 1 is 1.18 bits per heavy atom. The van der Waals surface area contributed by atoms with Gasteiger partial charge < -0.3 is 24.1 Å². The zero-order chi connectivity index (χ0) is 28.4. The smallest absolute Gasteiger partial charge is 0.306 e. The molecule has 0 aromatic rings. The third-order valence-corrected chi connectivity index (χ3v) is 8.69. The second kappa shape index (κ2) is 11.7. The minimum absolute atomic E-state index is 0.201. The van der Waals surface area contributed by atoms with Crippen LogP contribution in [0.15, 0.2) is 36.0 Å². The molecule has 0 aromatic heterocycles. The van der Waals surface area contributed by atoms with Crippen LogP contribution in [0.3, 0.4) is 0 Å². The van der Waals surface area contributed by atoms with Crippen LogP contribution in [-0.4, -0.2) is 61.0 Å². The van der Waals surface area contributed by atoms with E-state index >= 15 is 0 Å². The minimum Gasteiger partial charge on any atom is -0.459 e. The molecule has 2 fully saturated rings. The van der Waals surface area contributed by atoms with E-state index in [-0.39, 0.29) is 24.4 Å². The number of hydrogen-bond donors (Lipinski definition) is 1. The van der Waals surface area contributed by atoms with Crippen molar-refractivity contribution in [2.75, 3.05) is 7.11 Å². The lowest BCUT2D eigenvalue weighted by atomic mass is 9.44. The van der Waals surface area contributed by atoms with Crippen molar-refractivity contribution < 1.29 is 43.2 Å². The van der Waals surface area contributed by atoms with E-state index in [0.717, 1.165) is 5.57 Å². The number of aliphatic hydroxyl groups excluding tert-OH is 1.